The molecule has 1 heterocycles. The summed E-state index contributed by atoms with van der Waals surface area (Å²) in [4.78, 5) is 29.1. The van der Waals surface area contributed by atoms with Crippen molar-refractivity contribution >= 4 is 23.3 Å². The van der Waals surface area contributed by atoms with Gasteiger partial charge in [0.15, 0.2) is 0 Å². The third kappa shape index (κ3) is 6.69. The van der Waals surface area contributed by atoms with E-state index in [4.69, 9.17) is 4.74 Å². The van der Waals surface area contributed by atoms with Gasteiger partial charge in [-0.3, -0.25) is 4.79 Å². The summed E-state index contributed by atoms with van der Waals surface area (Å²) in [7, 11) is 0. The van der Waals surface area contributed by atoms with Crippen LogP contribution in [0.15, 0.2) is 29.6 Å². The van der Waals surface area contributed by atoms with Crippen LogP contribution < -0.4 is 20.7 Å². The van der Waals surface area contributed by atoms with Gasteiger partial charge in [-0.25, -0.2) is 9.78 Å². The Labute approximate surface area is 188 Å². The van der Waals surface area contributed by atoms with Crippen molar-refractivity contribution < 1.29 is 14.3 Å². The SMILES string of the molecule is CCNC(=O)NC1CCCCC1NC(=O)c1csc(COc2ccc(C(C)C)cc2)n1. The van der Waals surface area contributed by atoms with Crippen molar-refractivity contribution in [1.29, 1.82) is 0 Å². The van der Waals surface area contributed by atoms with Crippen LogP contribution >= 0.6 is 11.3 Å². The number of aromatic nitrogens is 1. The first-order chi connectivity index (χ1) is 15.0. The highest BCUT2D eigenvalue weighted by molar-refractivity contribution is 7.09. The number of nitrogens with zero attached hydrogens (tertiary/aromatic N) is 1. The van der Waals surface area contributed by atoms with Crippen LogP contribution in [0.1, 0.15) is 73.4 Å². The van der Waals surface area contributed by atoms with Gasteiger partial charge in [0.1, 0.15) is 23.1 Å². The number of rotatable bonds is 8. The Balaban J connectivity index is 1.53. The summed E-state index contributed by atoms with van der Waals surface area (Å²) >= 11 is 1.41. The Morgan fingerprint density at radius 2 is 1.81 bits per heavy atom. The molecule has 3 N–H and O–H groups in total. The second-order valence-electron chi connectivity index (χ2n) is 8.11. The first-order valence-corrected chi connectivity index (χ1v) is 11.9. The van der Waals surface area contributed by atoms with Crippen molar-refractivity contribution in [1.82, 2.24) is 20.9 Å². The molecule has 1 aliphatic carbocycles. The van der Waals surface area contributed by atoms with Gasteiger partial charge in [-0.05, 0) is 43.4 Å². The molecular formula is C23H32N4O3S. The molecule has 0 spiro atoms. The summed E-state index contributed by atoms with van der Waals surface area (Å²) in [6, 6.07) is 7.70. The van der Waals surface area contributed by atoms with Crippen molar-refractivity contribution in [2.45, 2.75) is 71.1 Å². The molecule has 1 aliphatic rings. The van der Waals surface area contributed by atoms with Crippen molar-refractivity contribution in [3.05, 3.63) is 45.9 Å². The maximum atomic E-state index is 12.7. The van der Waals surface area contributed by atoms with Gasteiger partial charge >= 0.3 is 6.03 Å². The number of thiazole rings is 1. The smallest absolute Gasteiger partial charge is 0.315 e. The quantitative estimate of drug-likeness (QED) is 0.569. The van der Waals surface area contributed by atoms with Gasteiger partial charge < -0.3 is 20.7 Å². The van der Waals surface area contributed by atoms with Crippen molar-refractivity contribution in [2.75, 3.05) is 6.54 Å². The zero-order valence-electron chi connectivity index (χ0n) is 18.4. The van der Waals surface area contributed by atoms with Crippen LogP contribution in [-0.4, -0.2) is 35.6 Å². The van der Waals surface area contributed by atoms with E-state index in [2.05, 4.69) is 46.9 Å². The molecule has 7 nitrogen and oxygen atoms in total. The summed E-state index contributed by atoms with van der Waals surface area (Å²) in [5.41, 5.74) is 1.66. The standard InChI is InChI=1S/C23H32N4O3S/c1-4-24-23(29)27-19-8-6-5-7-18(19)26-22(28)20-14-31-21(25-20)13-30-17-11-9-16(10-12-17)15(2)3/h9-12,14-15,18-19H,4-8,13H2,1-3H3,(H,26,28)(H2,24,27,29). The summed E-state index contributed by atoms with van der Waals surface area (Å²) in [5, 5.41) is 11.3. The minimum Gasteiger partial charge on any atom is -0.486 e. The topological polar surface area (TPSA) is 92.4 Å². The largest absolute Gasteiger partial charge is 0.486 e. The number of carbonyl (C=O) groups is 2. The van der Waals surface area contributed by atoms with Crippen molar-refractivity contribution in [3.8, 4) is 5.75 Å². The Morgan fingerprint density at radius 3 is 2.45 bits per heavy atom. The molecule has 2 atom stereocenters. The van der Waals surface area contributed by atoms with Crippen molar-refractivity contribution in [2.24, 2.45) is 0 Å². The van der Waals surface area contributed by atoms with Gasteiger partial charge in [0.25, 0.3) is 5.91 Å². The molecule has 1 aromatic carbocycles. The monoisotopic (exact) mass is 444 g/mol. The van der Waals surface area contributed by atoms with Gasteiger partial charge in [-0.1, -0.05) is 38.8 Å². The molecule has 168 valence electrons. The van der Waals surface area contributed by atoms with Crippen LogP contribution in [0.3, 0.4) is 0 Å². The van der Waals surface area contributed by atoms with Gasteiger partial charge in [-0.15, -0.1) is 11.3 Å². The lowest BCUT2D eigenvalue weighted by Crippen LogP contribution is -2.55. The molecule has 0 bridgehead atoms. The average Bonchev–Trinajstić information content (AvgIpc) is 3.23. The number of ether oxygens (including phenoxy) is 1. The maximum Gasteiger partial charge on any atom is 0.315 e. The highest BCUT2D eigenvalue weighted by atomic mass is 32.1. The number of carbonyl (C=O) groups excluding carboxylic acids is 2. The lowest BCUT2D eigenvalue weighted by molar-refractivity contribution is 0.0911. The molecule has 2 aromatic rings. The first-order valence-electron chi connectivity index (χ1n) is 11.0. The van der Waals surface area contributed by atoms with E-state index < -0.39 is 0 Å². The molecule has 3 amide bonds. The average molecular weight is 445 g/mol. The molecule has 31 heavy (non-hydrogen) atoms. The van der Waals surface area contributed by atoms with E-state index in [0.29, 0.717) is 24.8 Å². The number of amides is 3. The number of nitrogens with one attached hydrogen (secondary N) is 3. The number of hydrogen-bond acceptors (Lipinski definition) is 5. The van der Waals surface area contributed by atoms with Gasteiger partial charge in [-0.2, -0.15) is 0 Å². The molecule has 3 rings (SSSR count). The second-order valence-corrected chi connectivity index (χ2v) is 9.06. The number of urea groups is 1. The Morgan fingerprint density at radius 1 is 1.13 bits per heavy atom. The zero-order chi connectivity index (χ0) is 22.2. The Hall–Kier alpha value is -2.61. The minimum absolute atomic E-state index is 0.0699. The fourth-order valence-corrected chi connectivity index (χ4v) is 4.36. The summed E-state index contributed by atoms with van der Waals surface area (Å²) < 4.78 is 5.82. The first kappa shape index (κ1) is 23.1. The Kier molecular flexibility index (Phi) is 8.28. The zero-order valence-corrected chi connectivity index (χ0v) is 19.3. The molecule has 0 radical (unpaired) electrons. The molecule has 0 aliphatic heterocycles. The lowest BCUT2D eigenvalue weighted by Gasteiger charge is -2.32. The second kappa shape index (κ2) is 11.1. The third-order valence-corrected chi connectivity index (χ3v) is 6.25. The fourth-order valence-electron chi connectivity index (χ4n) is 3.67. The summed E-state index contributed by atoms with van der Waals surface area (Å²) in [5.74, 6) is 1.06. The van der Waals surface area contributed by atoms with E-state index >= 15 is 0 Å². The Bertz CT molecular complexity index is 866. The molecule has 0 saturated heterocycles. The predicted molar refractivity (Wildman–Crippen MR) is 123 cm³/mol. The van der Waals surface area contributed by atoms with E-state index in [1.807, 2.05) is 19.1 Å². The number of hydrogen-bond donors (Lipinski definition) is 3. The van der Waals surface area contributed by atoms with Crippen LogP contribution in [0.2, 0.25) is 0 Å². The van der Waals surface area contributed by atoms with Crippen LogP contribution in [0.25, 0.3) is 0 Å². The summed E-state index contributed by atoms with van der Waals surface area (Å²) in [6.07, 6.45) is 3.77. The predicted octanol–water partition coefficient (Wildman–Crippen LogP) is 4.21. The molecule has 1 aromatic heterocycles. The molecule has 8 heteroatoms. The lowest BCUT2D eigenvalue weighted by atomic mass is 9.90. The van der Waals surface area contributed by atoms with Crippen LogP contribution in [0.4, 0.5) is 4.79 Å². The normalized spacial score (nSPS) is 18.5. The summed E-state index contributed by atoms with van der Waals surface area (Å²) in [6.45, 7) is 7.09. The van der Waals surface area contributed by atoms with Crippen molar-refractivity contribution in [3.63, 3.8) is 0 Å². The molecular weight excluding hydrogens is 412 g/mol. The van der Waals surface area contributed by atoms with E-state index in [0.717, 1.165) is 36.4 Å². The molecule has 1 fully saturated rings. The highest BCUT2D eigenvalue weighted by Crippen LogP contribution is 2.21. The third-order valence-electron chi connectivity index (χ3n) is 5.43. The highest BCUT2D eigenvalue weighted by Gasteiger charge is 2.28. The van der Waals surface area contributed by atoms with E-state index in [1.54, 1.807) is 5.38 Å². The van der Waals surface area contributed by atoms with Crippen LogP contribution in [0.5, 0.6) is 5.75 Å². The van der Waals surface area contributed by atoms with Gasteiger partial charge in [0.05, 0.1) is 6.04 Å². The van der Waals surface area contributed by atoms with Crippen LogP contribution in [0, 0.1) is 0 Å². The molecule has 2 unspecified atom stereocenters. The van der Waals surface area contributed by atoms with Crippen LogP contribution in [-0.2, 0) is 6.61 Å². The molecule has 1 saturated carbocycles. The van der Waals surface area contributed by atoms with E-state index in [1.165, 1.54) is 16.9 Å². The van der Waals surface area contributed by atoms with Gasteiger partial charge in [0.2, 0.25) is 0 Å². The van der Waals surface area contributed by atoms with E-state index in [9.17, 15) is 9.59 Å². The fraction of sp³-hybridized carbons (Fsp3) is 0.522. The maximum absolute atomic E-state index is 12.7. The van der Waals surface area contributed by atoms with E-state index in [-0.39, 0.29) is 24.0 Å². The van der Waals surface area contributed by atoms with Gasteiger partial charge in [0, 0.05) is 18.0 Å². The minimum atomic E-state index is -0.210. The number of benzene rings is 1.